The minimum atomic E-state index is -0.724. The molecule has 1 N–H and O–H groups in total. The molecule has 0 amide bonds. The largest absolute Gasteiger partial charge is 0.488 e. The Balaban J connectivity index is 1.63. The second-order valence-corrected chi connectivity index (χ2v) is 5.66. The third-order valence-corrected chi connectivity index (χ3v) is 4.40. The first-order chi connectivity index (χ1) is 9.54. The number of aliphatic carboxylic acids is 1. The lowest BCUT2D eigenvalue weighted by Gasteiger charge is -2.25. The number of benzene rings is 1. The molecule has 0 radical (unpaired) electrons. The molecule has 20 heavy (non-hydrogen) atoms. The number of likely N-dealkylation sites (tertiary alicyclic amines) is 1. The van der Waals surface area contributed by atoms with Crippen LogP contribution >= 0.6 is 0 Å². The van der Waals surface area contributed by atoms with Gasteiger partial charge in [0.1, 0.15) is 17.7 Å². The fraction of sp³-hybridized carbons (Fsp3) is 0.533. The number of rotatable bonds is 3. The molecule has 3 rings (SSSR count). The van der Waals surface area contributed by atoms with E-state index in [-0.39, 0.29) is 23.9 Å². The van der Waals surface area contributed by atoms with Gasteiger partial charge in [0.2, 0.25) is 0 Å². The van der Waals surface area contributed by atoms with Crippen molar-refractivity contribution in [3.05, 3.63) is 29.6 Å². The topological polar surface area (TPSA) is 49.8 Å². The van der Waals surface area contributed by atoms with E-state index >= 15 is 0 Å². The molecule has 1 aromatic rings. The van der Waals surface area contributed by atoms with Gasteiger partial charge in [-0.1, -0.05) is 0 Å². The molecule has 2 heterocycles. The summed E-state index contributed by atoms with van der Waals surface area (Å²) in [6.45, 7) is 3.43. The molecule has 1 saturated heterocycles. The van der Waals surface area contributed by atoms with Gasteiger partial charge in [0.25, 0.3) is 0 Å². The summed E-state index contributed by atoms with van der Waals surface area (Å²) in [6.07, 6.45) is 1.36. The van der Waals surface area contributed by atoms with Gasteiger partial charge < -0.3 is 9.84 Å². The lowest BCUT2D eigenvalue weighted by Crippen LogP contribution is -2.39. The molecular formula is C15H18FNO3. The molecule has 108 valence electrons. The van der Waals surface area contributed by atoms with Crippen LogP contribution < -0.4 is 4.74 Å². The van der Waals surface area contributed by atoms with E-state index in [9.17, 15) is 9.18 Å². The van der Waals surface area contributed by atoms with Crippen molar-refractivity contribution in [3.8, 4) is 5.75 Å². The van der Waals surface area contributed by atoms with E-state index in [0.29, 0.717) is 19.4 Å². The van der Waals surface area contributed by atoms with Gasteiger partial charge in [0, 0.05) is 24.6 Å². The maximum atomic E-state index is 13.2. The molecule has 0 aromatic heterocycles. The zero-order valence-corrected chi connectivity index (χ0v) is 11.4. The number of nitrogens with zero attached hydrogens (tertiary/aromatic N) is 1. The van der Waals surface area contributed by atoms with Crippen LogP contribution in [0, 0.1) is 11.7 Å². The molecule has 3 atom stereocenters. The number of fused-ring (bicyclic) bond motifs is 1. The first-order valence-corrected chi connectivity index (χ1v) is 6.96. The molecular weight excluding hydrogens is 261 g/mol. The highest BCUT2D eigenvalue weighted by Gasteiger charge is 2.37. The third kappa shape index (κ3) is 2.38. The van der Waals surface area contributed by atoms with Crippen molar-refractivity contribution in [3.63, 3.8) is 0 Å². The minimum absolute atomic E-state index is 0.0122. The Morgan fingerprint density at radius 3 is 3.05 bits per heavy atom. The van der Waals surface area contributed by atoms with Crippen molar-refractivity contribution in [1.29, 1.82) is 0 Å². The van der Waals surface area contributed by atoms with Crippen LogP contribution in [-0.2, 0) is 11.2 Å². The quantitative estimate of drug-likeness (QED) is 0.918. The van der Waals surface area contributed by atoms with Gasteiger partial charge in [-0.15, -0.1) is 0 Å². The van der Waals surface area contributed by atoms with E-state index < -0.39 is 5.97 Å². The van der Waals surface area contributed by atoms with Gasteiger partial charge in [-0.25, -0.2) is 4.39 Å². The zero-order chi connectivity index (χ0) is 14.3. The monoisotopic (exact) mass is 279 g/mol. The van der Waals surface area contributed by atoms with Gasteiger partial charge in [0.05, 0.1) is 5.92 Å². The van der Waals surface area contributed by atoms with Crippen molar-refractivity contribution in [2.75, 3.05) is 13.1 Å². The average molecular weight is 279 g/mol. The number of hydrogen-bond donors (Lipinski definition) is 1. The summed E-state index contributed by atoms with van der Waals surface area (Å²) in [5.74, 6) is -0.513. The lowest BCUT2D eigenvalue weighted by atomic mass is 10.0. The Kier molecular flexibility index (Phi) is 3.38. The van der Waals surface area contributed by atoms with E-state index in [2.05, 4.69) is 4.90 Å². The fourth-order valence-corrected chi connectivity index (χ4v) is 3.24. The van der Waals surface area contributed by atoms with Crippen LogP contribution in [0.15, 0.2) is 18.2 Å². The van der Waals surface area contributed by atoms with Gasteiger partial charge >= 0.3 is 5.97 Å². The molecule has 5 heteroatoms. The number of ether oxygens (including phenoxy) is 1. The summed E-state index contributed by atoms with van der Waals surface area (Å²) in [7, 11) is 0. The number of carboxylic acid groups (broad SMARTS) is 1. The molecule has 0 spiro atoms. The van der Waals surface area contributed by atoms with Crippen LogP contribution in [0.3, 0.4) is 0 Å². The van der Waals surface area contributed by atoms with Gasteiger partial charge in [-0.2, -0.15) is 0 Å². The Morgan fingerprint density at radius 1 is 1.55 bits per heavy atom. The van der Waals surface area contributed by atoms with Crippen molar-refractivity contribution in [2.24, 2.45) is 5.92 Å². The Labute approximate surface area is 117 Å². The zero-order valence-electron chi connectivity index (χ0n) is 11.4. The summed E-state index contributed by atoms with van der Waals surface area (Å²) in [6, 6.07) is 4.61. The summed E-state index contributed by atoms with van der Waals surface area (Å²) in [4.78, 5) is 13.3. The molecule has 3 unspecified atom stereocenters. The Morgan fingerprint density at radius 2 is 2.35 bits per heavy atom. The van der Waals surface area contributed by atoms with E-state index in [0.717, 1.165) is 17.9 Å². The lowest BCUT2D eigenvalue weighted by molar-refractivity contribution is -0.142. The molecule has 2 aliphatic heterocycles. The van der Waals surface area contributed by atoms with E-state index in [1.54, 1.807) is 6.07 Å². The Hall–Kier alpha value is -1.62. The highest BCUT2D eigenvalue weighted by Crippen LogP contribution is 2.31. The predicted molar refractivity (Wildman–Crippen MR) is 71.3 cm³/mol. The standard InChI is InChI=1S/C15H18FNO3/c1-9-13(15(18)19)4-5-17(9)8-12-7-10-6-11(16)2-3-14(10)20-12/h2-3,6,9,12-13H,4-5,7-8H2,1H3,(H,18,19). The SMILES string of the molecule is CC1C(C(=O)O)CCN1CC1Cc2cc(F)ccc2O1. The van der Waals surface area contributed by atoms with Gasteiger partial charge in [-0.3, -0.25) is 9.69 Å². The number of carboxylic acids is 1. The third-order valence-electron chi connectivity index (χ3n) is 4.40. The molecule has 4 nitrogen and oxygen atoms in total. The molecule has 0 aliphatic carbocycles. The van der Waals surface area contributed by atoms with Crippen LogP contribution in [0.4, 0.5) is 4.39 Å². The molecule has 1 fully saturated rings. The first kappa shape index (κ1) is 13.4. The second-order valence-electron chi connectivity index (χ2n) is 5.66. The van der Waals surface area contributed by atoms with Crippen molar-refractivity contribution >= 4 is 5.97 Å². The second kappa shape index (κ2) is 5.05. The van der Waals surface area contributed by atoms with Crippen molar-refractivity contribution in [2.45, 2.75) is 31.9 Å². The average Bonchev–Trinajstić information content (AvgIpc) is 2.93. The van der Waals surface area contributed by atoms with E-state index in [1.165, 1.54) is 12.1 Å². The molecule has 0 saturated carbocycles. The number of carbonyl (C=O) groups is 1. The minimum Gasteiger partial charge on any atom is -0.488 e. The molecule has 1 aromatic carbocycles. The highest BCUT2D eigenvalue weighted by atomic mass is 19.1. The first-order valence-electron chi connectivity index (χ1n) is 6.96. The highest BCUT2D eigenvalue weighted by molar-refractivity contribution is 5.71. The summed E-state index contributed by atoms with van der Waals surface area (Å²) < 4.78 is 19.0. The Bertz CT molecular complexity index is 534. The van der Waals surface area contributed by atoms with Crippen LogP contribution in [0.25, 0.3) is 0 Å². The van der Waals surface area contributed by atoms with Crippen LogP contribution in [-0.4, -0.2) is 41.2 Å². The predicted octanol–water partition coefficient (Wildman–Crippen LogP) is 1.92. The fourth-order valence-electron chi connectivity index (χ4n) is 3.24. The summed E-state index contributed by atoms with van der Waals surface area (Å²) >= 11 is 0. The number of hydrogen-bond acceptors (Lipinski definition) is 3. The maximum absolute atomic E-state index is 13.2. The number of halogens is 1. The molecule has 2 aliphatic rings. The molecule has 0 bridgehead atoms. The normalized spacial score (nSPS) is 29.2. The smallest absolute Gasteiger partial charge is 0.308 e. The summed E-state index contributed by atoms with van der Waals surface area (Å²) in [5, 5.41) is 9.14. The van der Waals surface area contributed by atoms with Gasteiger partial charge in [-0.05, 0) is 38.1 Å². The van der Waals surface area contributed by atoms with Crippen molar-refractivity contribution < 1.29 is 19.0 Å². The maximum Gasteiger partial charge on any atom is 0.308 e. The van der Waals surface area contributed by atoms with E-state index in [4.69, 9.17) is 9.84 Å². The van der Waals surface area contributed by atoms with Crippen LogP contribution in [0.2, 0.25) is 0 Å². The van der Waals surface area contributed by atoms with Crippen LogP contribution in [0.1, 0.15) is 18.9 Å². The summed E-state index contributed by atoms with van der Waals surface area (Å²) in [5.41, 5.74) is 0.900. The van der Waals surface area contributed by atoms with Crippen LogP contribution in [0.5, 0.6) is 5.75 Å². The van der Waals surface area contributed by atoms with E-state index in [1.807, 2.05) is 6.92 Å². The van der Waals surface area contributed by atoms with Crippen molar-refractivity contribution in [1.82, 2.24) is 4.90 Å². The van der Waals surface area contributed by atoms with Gasteiger partial charge in [0.15, 0.2) is 0 Å².